The first kappa shape index (κ1) is 16.5. The van der Waals surface area contributed by atoms with Gasteiger partial charge in [-0.1, -0.05) is 24.6 Å². The van der Waals surface area contributed by atoms with Crippen LogP contribution in [0.4, 0.5) is 4.39 Å². The maximum absolute atomic E-state index is 13.9. The Hall–Kier alpha value is -1.91. The van der Waals surface area contributed by atoms with E-state index in [0.29, 0.717) is 17.7 Å². The molecule has 1 aliphatic rings. The van der Waals surface area contributed by atoms with E-state index in [4.69, 9.17) is 4.84 Å². The molecular formula is C17H23FN2O2. The van der Waals surface area contributed by atoms with Crippen LogP contribution in [-0.4, -0.2) is 36.2 Å². The molecule has 1 unspecified atom stereocenters. The molecule has 1 heterocycles. The number of hydrogen-bond donors (Lipinski definition) is 0. The largest absolute Gasteiger partial charge is 0.391 e. The van der Waals surface area contributed by atoms with Gasteiger partial charge in [0.25, 0.3) is 0 Å². The van der Waals surface area contributed by atoms with Gasteiger partial charge in [0.2, 0.25) is 5.91 Å². The van der Waals surface area contributed by atoms with Gasteiger partial charge >= 0.3 is 0 Å². The quantitative estimate of drug-likeness (QED) is 0.809. The highest BCUT2D eigenvalue weighted by atomic mass is 19.1. The molecule has 1 amide bonds. The number of aryl methyl sites for hydroxylation is 1. The summed E-state index contributed by atoms with van der Waals surface area (Å²) >= 11 is 0. The second kappa shape index (κ2) is 7.38. The van der Waals surface area contributed by atoms with Crippen LogP contribution >= 0.6 is 0 Å². The average Bonchev–Trinajstić information content (AvgIpc) is 2.92. The van der Waals surface area contributed by atoms with Crippen LogP contribution in [0.25, 0.3) is 0 Å². The molecule has 22 heavy (non-hydrogen) atoms. The first-order valence-electron chi connectivity index (χ1n) is 7.74. The van der Waals surface area contributed by atoms with Crippen molar-refractivity contribution in [3.8, 4) is 0 Å². The number of benzene rings is 1. The third kappa shape index (κ3) is 4.06. The lowest BCUT2D eigenvalue weighted by atomic mass is 10.0. The van der Waals surface area contributed by atoms with Crippen molar-refractivity contribution in [3.05, 3.63) is 35.1 Å². The summed E-state index contributed by atoms with van der Waals surface area (Å²) in [6.45, 7) is 4.68. The van der Waals surface area contributed by atoms with E-state index < -0.39 is 0 Å². The van der Waals surface area contributed by atoms with Crippen molar-refractivity contribution in [1.29, 1.82) is 0 Å². The lowest BCUT2D eigenvalue weighted by Gasteiger charge is -2.18. The molecule has 1 atom stereocenters. The van der Waals surface area contributed by atoms with E-state index in [1.54, 1.807) is 18.0 Å². The fraction of sp³-hybridized carbons (Fsp3) is 0.529. The summed E-state index contributed by atoms with van der Waals surface area (Å²) in [4.78, 5) is 19.1. The highest BCUT2D eigenvalue weighted by Gasteiger charge is 2.27. The SMILES string of the molecule is CCCCN(C)C(=O)CC1CC(c2ccc(C)cc2F)=NO1. The Kier molecular flexibility index (Phi) is 5.52. The third-order valence-electron chi connectivity index (χ3n) is 3.84. The number of oxime groups is 1. The second-order valence-electron chi connectivity index (χ2n) is 5.83. The van der Waals surface area contributed by atoms with Crippen molar-refractivity contribution in [2.45, 2.75) is 45.6 Å². The van der Waals surface area contributed by atoms with Gasteiger partial charge in [-0.2, -0.15) is 0 Å². The van der Waals surface area contributed by atoms with Gasteiger partial charge in [-0.05, 0) is 31.0 Å². The minimum absolute atomic E-state index is 0.0410. The van der Waals surface area contributed by atoms with Gasteiger partial charge in [0.15, 0.2) is 0 Å². The van der Waals surface area contributed by atoms with Crippen LogP contribution in [0.1, 0.15) is 43.7 Å². The fourth-order valence-corrected chi connectivity index (χ4v) is 2.42. The van der Waals surface area contributed by atoms with Crippen LogP contribution in [-0.2, 0) is 9.63 Å². The third-order valence-corrected chi connectivity index (χ3v) is 3.84. The molecule has 0 N–H and O–H groups in total. The Balaban J connectivity index is 1.90. The lowest BCUT2D eigenvalue weighted by molar-refractivity contribution is -0.132. The zero-order valence-electron chi connectivity index (χ0n) is 13.4. The molecule has 0 fully saturated rings. The molecule has 0 bridgehead atoms. The summed E-state index contributed by atoms with van der Waals surface area (Å²) in [5, 5.41) is 3.96. The monoisotopic (exact) mass is 306 g/mol. The van der Waals surface area contributed by atoms with E-state index in [1.165, 1.54) is 6.07 Å². The van der Waals surface area contributed by atoms with Crippen molar-refractivity contribution in [3.63, 3.8) is 0 Å². The summed E-state index contributed by atoms with van der Waals surface area (Å²) in [5.74, 6) is -0.256. The van der Waals surface area contributed by atoms with E-state index >= 15 is 0 Å². The van der Waals surface area contributed by atoms with Crippen LogP contribution in [0.5, 0.6) is 0 Å². The number of rotatable bonds is 6. The van der Waals surface area contributed by atoms with Crippen LogP contribution in [0.3, 0.4) is 0 Å². The molecule has 0 radical (unpaired) electrons. The molecule has 1 aromatic carbocycles. The fourth-order valence-electron chi connectivity index (χ4n) is 2.42. The van der Waals surface area contributed by atoms with Gasteiger partial charge in [-0.25, -0.2) is 4.39 Å². The normalized spacial score (nSPS) is 17.1. The molecule has 0 aromatic heterocycles. The Morgan fingerprint density at radius 1 is 1.50 bits per heavy atom. The smallest absolute Gasteiger partial charge is 0.226 e. The number of carbonyl (C=O) groups is 1. The molecule has 4 nitrogen and oxygen atoms in total. The van der Waals surface area contributed by atoms with Crippen molar-refractivity contribution >= 4 is 11.6 Å². The zero-order chi connectivity index (χ0) is 16.1. The number of carbonyl (C=O) groups excluding carboxylic acids is 1. The van der Waals surface area contributed by atoms with Crippen LogP contribution in [0.2, 0.25) is 0 Å². The summed E-state index contributed by atoms with van der Waals surface area (Å²) in [6, 6.07) is 5.04. The van der Waals surface area contributed by atoms with E-state index in [2.05, 4.69) is 12.1 Å². The highest BCUT2D eigenvalue weighted by molar-refractivity contribution is 6.01. The molecule has 1 aromatic rings. The highest BCUT2D eigenvalue weighted by Crippen LogP contribution is 2.22. The van der Waals surface area contributed by atoms with Gasteiger partial charge in [0.05, 0.1) is 12.1 Å². The van der Waals surface area contributed by atoms with Crippen molar-refractivity contribution < 1.29 is 14.0 Å². The van der Waals surface area contributed by atoms with Crippen LogP contribution in [0, 0.1) is 12.7 Å². The van der Waals surface area contributed by atoms with Gasteiger partial charge in [-0.15, -0.1) is 0 Å². The van der Waals surface area contributed by atoms with Gasteiger partial charge in [0, 0.05) is 25.6 Å². The molecule has 0 aliphatic carbocycles. The number of amides is 1. The molecule has 120 valence electrons. The van der Waals surface area contributed by atoms with Crippen molar-refractivity contribution in [1.82, 2.24) is 4.90 Å². The standard InChI is InChI=1S/C17H23FN2O2/c1-4-5-8-20(3)17(21)11-13-10-16(19-22-13)14-7-6-12(2)9-15(14)18/h6-7,9,13H,4-5,8,10-11H2,1-3H3. The number of unbranched alkanes of at least 4 members (excludes halogenated alkanes) is 1. The molecule has 0 saturated heterocycles. The molecule has 1 aliphatic heterocycles. The van der Waals surface area contributed by atoms with E-state index in [-0.39, 0.29) is 24.2 Å². The predicted molar refractivity (Wildman–Crippen MR) is 84.3 cm³/mol. The summed E-state index contributed by atoms with van der Waals surface area (Å²) in [5.41, 5.74) is 1.90. The first-order chi connectivity index (χ1) is 10.5. The average molecular weight is 306 g/mol. The topological polar surface area (TPSA) is 41.9 Å². The number of halogens is 1. The van der Waals surface area contributed by atoms with Gasteiger partial charge < -0.3 is 9.74 Å². The Morgan fingerprint density at radius 3 is 2.95 bits per heavy atom. The maximum Gasteiger partial charge on any atom is 0.226 e. The van der Waals surface area contributed by atoms with Gasteiger partial charge in [0.1, 0.15) is 11.9 Å². The summed E-state index contributed by atoms with van der Waals surface area (Å²) in [7, 11) is 1.80. The molecule has 0 spiro atoms. The van der Waals surface area contributed by atoms with Crippen molar-refractivity contribution in [2.24, 2.45) is 5.16 Å². The van der Waals surface area contributed by atoms with Crippen molar-refractivity contribution in [2.75, 3.05) is 13.6 Å². The number of nitrogens with zero attached hydrogens (tertiary/aromatic N) is 2. The van der Waals surface area contributed by atoms with E-state index in [0.717, 1.165) is 24.9 Å². The van der Waals surface area contributed by atoms with Gasteiger partial charge in [-0.3, -0.25) is 4.79 Å². The zero-order valence-corrected chi connectivity index (χ0v) is 13.4. The Morgan fingerprint density at radius 2 is 2.27 bits per heavy atom. The van der Waals surface area contributed by atoms with Crippen LogP contribution in [0.15, 0.2) is 23.4 Å². The molecule has 2 rings (SSSR count). The molecule has 5 heteroatoms. The Labute approximate surface area is 130 Å². The summed E-state index contributed by atoms with van der Waals surface area (Å²) in [6.07, 6.45) is 2.49. The van der Waals surface area contributed by atoms with Crippen LogP contribution < -0.4 is 0 Å². The minimum Gasteiger partial charge on any atom is -0.391 e. The lowest BCUT2D eigenvalue weighted by Crippen LogP contribution is -2.30. The number of hydrogen-bond acceptors (Lipinski definition) is 3. The van der Waals surface area contributed by atoms with E-state index in [9.17, 15) is 9.18 Å². The predicted octanol–water partition coefficient (Wildman–Crippen LogP) is 3.28. The maximum atomic E-state index is 13.9. The first-order valence-corrected chi connectivity index (χ1v) is 7.74. The second-order valence-corrected chi connectivity index (χ2v) is 5.83. The summed E-state index contributed by atoms with van der Waals surface area (Å²) < 4.78 is 13.9. The molecule has 0 saturated carbocycles. The minimum atomic E-state index is -0.299. The van der Waals surface area contributed by atoms with E-state index in [1.807, 2.05) is 13.0 Å². The molecular weight excluding hydrogens is 283 g/mol. The Bertz CT molecular complexity index is 572.